The lowest BCUT2D eigenvalue weighted by atomic mass is 10.0. The van der Waals surface area contributed by atoms with Gasteiger partial charge in [0.25, 0.3) is 0 Å². The molecular weight excluding hydrogens is 266 g/mol. The quantitative estimate of drug-likeness (QED) is 0.742. The molecule has 0 fully saturated rings. The summed E-state index contributed by atoms with van der Waals surface area (Å²) < 4.78 is 10.6. The number of methoxy groups -OCH3 is 2. The number of rotatable bonds is 4. The summed E-state index contributed by atoms with van der Waals surface area (Å²) in [6.07, 6.45) is 2.68. The largest absolute Gasteiger partial charge is 0.493 e. The summed E-state index contributed by atoms with van der Waals surface area (Å²) >= 11 is 0. The minimum atomic E-state index is 0.457. The highest BCUT2D eigenvalue weighted by atomic mass is 16.5. The van der Waals surface area contributed by atoms with E-state index in [-0.39, 0.29) is 0 Å². The SMILES string of the molecule is COc1cc(-c2ccc3[nH]ccc3c2)cc(C=O)c1OC. The number of hydrogen-bond donors (Lipinski definition) is 1. The summed E-state index contributed by atoms with van der Waals surface area (Å²) in [6, 6.07) is 11.8. The maximum atomic E-state index is 11.3. The second-order valence-corrected chi connectivity index (χ2v) is 4.70. The molecule has 1 N–H and O–H groups in total. The number of nitrogens with one attached hydrogen (secondary N) is 1. The summed E-state index contributed by atoms with van der Waals surface area (Å²) in [7, 11) is 3.09. The van der Waals surface area contributed by atoms with Crippen LogP contribution in [0.15, 0.2) is 42.6 Å². The van der Waals surface area contributed by atoms with E-state index < -0.39 is 0 Å². The molecule has 21 heavy (non-hydrogen) atoms. The molecule has 0 aliphatic heterocycles. The van der Waals surface area contributed by atoms with E-state index >= 15 is 0 Å². The van der Waals surface area contributed by atoms with Crippen molar-refractivity contribution in [3.05, 3.63) is 48.2 Å². The fourth-order valence-corrected chi connectivity index (χ4v) is 2.48. The average Bonchev–Trinajstić information content (AvgIpc) is 3.00. The highest BCUT2D eigenvalue weighted by Gasteiger charge is 2.13. The Kier molecular flexibility index (Phi) is 3.36. The number of carbonyl (C=O) groups is 1. The summed E-state index contributed by atoms with van der Waals surface area (Å²) in [5.41, 5.74) is 3.49. The smallest absolute Gasteiger partial charge is 0.171 e. The minimum absolute atomic E-state index is 0.457. The van der Waals surface area contributed by atoms with Gasteiger partial charge in [-0.3, -0.25) is 4.79 Å². The highest BCUT2D eigenvalue weighted by molar-refractivity contribution is 5.89. The molecule has 0 atom stereocenters. The average molecular weight is 281 g/mol. The minimum Gasteiger partial charge on any atom is -0.493 e. The number of H-pyrrole nitrogens is 1. The van der Waals surface area contributed by atoms with Crippen LogP contribution in [0.5, 0.6) is 11.5 Å². The fourth-order valence-electron chi connectivity index (χ4n) is 2.48. The van der Waals surface area contributed by atoms with E-state index in [1.807, 2.05) is 36.5 Å². The standard InChI is InChI=1S/C17H15NO3/c1-20-16-9-13(8-14(10-19)17(16)21-2)11-3-4-15-12(7-11)5-6-18-15/h3-10,18H,1-2H3. The number of aromatic nitrogens is 1. The van der Waals surface area contributed by atoms with Crippen molar-refractivity contribution in [2.24, 2.45) is 0 Å². The van der Waals surface area contributed by atoms with Gasteiger partial charge in [0.1, 0.15) is 0 Å². The second-order valence-electron chi connectivity index (χ2n) is 4.70. The van der Waals surface area contributed by atoms with Crippen LogP contribution in [0.2, 0.25) is 0 Å². The maximum Gasteiger partial charge on any atom is 0.171 e. The first-order valence-electron chi connectivity index (χ1n) is 6.55. The van der Waals surface area contributed by atoms with E-state index in [1.165, 1.54) is 7.11 Å². The normalized spacial score (nSPS) is 10.6. The van der Waals surface area contributed by atoms with Crippen LogP contribution in [0, 0.1) is 0 Å². The van der Waals surface area contributed by atoms with Crippen LogP contribution in [0.25, 0.3) is 22.0 Å². The van der Waals surface area contributed by atoms with E-state index in [1.54, 1.807) is 7.11 Å². The Morgan fingerprint density at radius 2 is 1.86 bits per heavy atom. The Morgan fingerprint density at radius 1 is 1.00 bits per heavy atom. The lowest BCUT2D eigenvalue weighted by Gasteiger charge is -2.12. The van der Waals surface area contributed by atoms with Gasteiger partial charge >= 0.3 is 0 Å². The molecule has 0 spiro atoms. The van der Waals surface area contributed by atoms with Gasteiger partial charge in [-0.25, -0.2) is 0 Å². The molecule has 0 radical (unpaired) electrons. The number of ether oxygens (including phenoxy) is 2. The molecule has 4 nitrogen and oxygen atoms in total. The van der Waals surface area contributed by atoms with E-state index in [0.29, 0.717) is 17.1 Å². The first-order valence-corrected chi connectivity index (χ1v) is 6.55. The molecule has 0 bridgehead atoms. The van der Waals surface area contributed by atoms with Crippen LogP contribution < -0.4 is 9.47 Å². The topological polar surface area (TPSA) is 51.3 Å². The molecule has 3 rings (SSSR count). The van der Waals surface area contributed by atoms with Crippen molar-refractivity contribution in [3.63, 3.8) is 0 Å². The Hall–Kier alpha value is -2.75. The Bertz CT molecular complexity index is 805. The molecule has 0 unspecified atom stereocenters. The van der Waals surface area contributed by atoms with Gasteiger partial charge in [0.2, 0.25) is 0 Å². The van der Waals surface area contributed by atoms with Gasteiger partial charge in [0.15, 0.2) is 17.8 Å². The number of aromatic amines is 1. The van der Waals surface area contributed by atoms with Crippen LogP contribution in [0.4, 0.5) is 0 Å². The molecule has 0 saturated carbocycles. The highest BCUT2D eigenvalue weighted by Crippen LogP contribution is 2.36. The fraction of sp³-hybridized carbons (Fsp3) is 0.118. The second kappa shape index (κ2) is 5.32. The van der Waals surface area contributed by atoms with Gasteiger partial charge in [0.05, 0.1) is 19.8 Å². The molecule has 4 heteroatoms. The molecule has 106 valence electrons. The van der Waals surface area contributed by atoms with Crippen LogP contribution >= 0.6 is 0 Å². The van der Waals surface area contributed by atoms with Gasteiger partial charge in [-0.05, 0) is 46.8 Å². The van der Waals surface area contributed by atoms with Gasteiger partial charge in [-0.15, -0.1) is 0 Å². The molecule has 1 aromatic heterocycles. The molecule has 0 saturated heterocycles. The molecule has 1 heterocycles. The van der Waals surface area contributed by atoms with Gasteiger partial charge in [-0.1, -0.05) is 6.07 Å². The number of carbonyl (C=O) groups excluding carboxylic acids is 1. The van der Waals surface area contributed by atoms with Crippen molar-refractivity contribution >= 4 is 17.2 Å². The van der Waals surface area contributed by atoms with Gasteiger partial charge < -0.3 is 14.5 Å². The van der Waals surface area contributed by atoms with E-state index in [2.05, 4.69) is 11.1 Å². The Morgan fingerprint density at radius 3 is 2.57 bits per heavy atom. The molecule has 0 aliphatic rings. The summed E-state index contributed by atoms with van der Waals surface area (Å²) in [4.78, 5) is 14.4. The number of hydrogen-bond acceptors (Lipinski definition) is 3. The van der Waals surface area contributed by atoms with Crippen molar-refractivity contribution in [1.82, 2.24) is 4.98 Å². The zero-order chi connectivity index (χ0) is 14.8. The van der Waals surface area contributed by atoms with Crippen molar-refractivity contribution in [3.8, 4) is 22.6 Å². The monoisotopic (exact) mass is 281 g/mol. The third-order valence-corrected chi connectivity index (χ3v) is 3.52. The van der Waals surface area contributed by atoms with Crippen LogP contribution in [0.3, 0.4) is 0 Å². The zero-order valence-electron chi connectivity index (χ0n) is 11.8. The van der Waals surface area contributed by atoms with E-state index in [0.717, 1.165) is 28.3 Å². The summed E-state index contributed by atoms with van der Waals surface area (Å²) in [5.74, 6) is 1.00. The Balaban J connectivity index is 2.18. The predicted octanol–water partition coefficient (Wildman–Crippen LogP) is 3.66. The first-order chi connectivity index (χ1) is 10.3. The van der Waals surface area contributed by atoms with E-state index in [4.69, 9.17) is 9.47 Å². The first kappa shape index (κ1) is 13.2. The number of benzene rings is 2. The van der Waals surface area contributed by atoms with Gasteiger partial charge in [-0.2, -0.15) is 0 Å². The molecule has 0 aliphatic carbocycles. The van der Waals surface area contributed by atoms with Crippen molar-refractivity contribution in [2.45, 2.75) is 0 Å². The van der Waals surface area contributed by atoms with Crippen LogP contribution in [-0.4, -0.2) is 25.5 Å². The third-order valence-electron chi connectivity index (χ3n) is 3.52. The lowest BCUT2D eigenvalue weighted by Crippen LogP contribution is -1.96. The van der Waals surface area contributed by atoms with Crippen molar-refractivity contribution in [1.29, 1.82) is 0 Å². The van der Waals surface area contributed by atoms with Crippen molar-refractivity contribution < 1.29 is 14.3 Å². The van der Waals surface area contributed by atoms with Crippen LogP contribution in [-0.2, 0) is 0 Å². The third kappa shape index (κ3) is 2.25. The predicted molar refractivity (Wildman–Crippen MR) is 82.2 cm³/mol. The van der Waals surface area contributed by atoms with E-state index in [9.17, 15) is 4.79 Å². The Labute approximate surface area is 122 Å². The summed E-state index contributed by atoms with van der Waals surface area (Å²) in [5, 5.41) is 1.12. The number of fused-ring (bicyclic) bond motifs is 1. The van der Waals surface area contributed by atoms with Crippen LogP contribution in [0.1, 0.15) is 10.4 Å². The molecule has 0 amide bonds. The number of aldehydes is 1. The molecule has 3 aromatic rings. The van der Waals surface area contributed by atoms with Gasteiger partial charge in [0, 0.05) is 11.7 Å². The molecule has 2 aromatic carbocycles. The lowest BCUT2D eigenvalue weighted by molar-refractivity contribution is 0.112. The maximum absolute atomic E-state index is 11.3. The summed E-state index contributed by atoms with van der Waals surface area (Å²) in [6.45, 7) is 0. The molecular formula is C17H15NO3. The van der Waals surface area contributed by atoms with Crippen molar-refractivity contribution in [2.75, 3.05) is 14.2 Å². The zero-order valence-corrected chi connectivity index (χ0v) is 11.8.